The summed E-state index contributed by atoms with van der Waals surface area (Å²) in [6.07, 6.45) is 0. The van der Waals surface area contributed by atoms with E-state index in [-0.39, 0.29) is 0 Å². The fraction of sp³-hybridized carbons (Fsp3) is 0.250. The third-order valence-electron chi connectivity index (χ3n) is 2.65. The average molecular weight is 406 g/mol. The summed E-state index contributed by atoms with van der Waals surface area (Å²) < 4.78 is 4.01. The van der Waals surface area contributed by atoms with Crippen molar-refractivity contribution < 1.29 is 0 Å². The molecule has 2 rings (SSSR count). The Morgan fingerprint density at radius 2 is 2.12 bits per heavy atom. The largest absolute Gasteiger partial charge is 0.383 e. The van der Waals surface area contributed by atoms with E-state index in [9.17, 15) is 0 Å². The minimum absolute atomic E-state index is 0.712. The number of rotatable bonds is 2. The van der Waals surface area contributed by atoms with E-state index in [2.05, 4.69) is 68.7 Å². The molecule has 2 N–H and O–H groups in total. The molecular formula is C12H13BrIN3. The van der Waals surface area contributed by atoms with E-state index in [0.717, 1.165) is 19.6 Å². The standard InChI is InChI=1S/C12H13BrIN3/c1-7-5-9(3-4-10(7)13)6-17-12(15)11(14)8(2)16-17/h3-5H,6,15H2,1-2H3. The van der Waals surface area contributed by atoms with Crippen LogP contribution >= 0.6 is 38.5 Å². The number of nitrogens with two attached hydrogens (primary N) is 1. The molecule has 0 radical (unpaired) electrons. The highest BCUT2D eigenvalue weighted by Gasteiger charge is 2.09. The highest BCUT2D eigenvalue weighted by Crippen LogP contribution is 2.21. The molecule has 2 aromatic rings. The summed E-state index contributed by atoms with van der Waals surface area (Å²) >= 11 is 5.73. The third kappa shape index (κ3) is 2.65. The van der Waals surface area contributed by atoms with Crippen molar-refractivity contribution in [2.75, 3.05) is 5.73 Å². The number of benzene rings is 1. The zero-order valence-corrected chi connectivity index (χ0v) is 13.4. The number of aromatic nitrogens is 2. The van der Waals surface area contributed by atoms with E-state index < -0.39 is 0 Å². The third-order valence-corrected chi connectivity index (χ3v) is 4.87. The molecule has 0 unspecified atom stereocenters. The molecule has 0 amide bonds. The number of aryl methyl sites for hydroxylation is 2. The Kier molecular flexibility index (Phi) is 3.77. The van der Waals surface area contributed by atoms with Crippen LogP contribution in [0.4, 0.5) is 5.82 Å². The van der Waals surface area contributed by atoms with Crippen LogP contribution in [0.25, 0.3) is 0 Å². The second-order valence-electron chi connectivity index (χ2n) is 4.03. The lowest BCUT2D eigenvalue weighted by molar-refractivity contribution is 0.689. The normalized spacial score (nSPS) is 10.8. The summed E-state index contributed by atoms with van der Waals surface area (Å²) in [5.74, 6) is 0.740. The van der Waals surface area contributed by atoms with Crippen molar-refractivity contribution in [3.8, 4) is 0 Å². The van der Waals surface area contributed by atoms with E-state index in [1.54, 1.807) is 0 Å². The van der Waals surface area contributed by atoms with Crippen LogP contribution in [0.15, 0.2) is 22.7 Å². The van der Waals surface area contributed by atoms with Gasteiger partial charge < -0.3 is 5.73 Å². The molecule has 0 aliphatic carbocycles. The van der Waals surface area contributed by atoms with Gasteiger partial charge in [-0.25, -0.2) is 4.68 Å². The summed E-state index contributed by atoms with van der Waals surface area (Å²) in [5.41, 5.74) is 9.41. The summed E-state index contributed by atoms with van der Waals surface area (Å²) in [6, 6.07) is 6.29. The fourth-order valence-corrected chi connectivity index (χ4v) is 2.31. The van der Waals surface area contributed by atoms with Crippen molar-refractivity contribution in [2.45, 2.75) is 20.4 Å². The van der Waals surface area contributed by atoms with Crippen molar-refractivity contribution in [1.29, 1.82) is 0 Å². The lowest BCUT2D eigenvalue weighted by Gasteiger charge is -2.06. The van der Waals surface area contributed by atoms with Crippen molar-refractivity contribution >= 4 is 44.3 Å². The van der Waals surface area contributed by atoms with Gasteiger partial charge in [0.15, 0.2) is 0 Å². The van der Waals surface area contributed by atoms with Crippen LogP contribution in [-0.2, 0) is 6.54 Å². The maximum Gasteiger partial charge on any atom is 0.135 e. The number of nitrogen functional groups attached to an aromatic ring is 1. The molecule has 0 saturated heterocycles. The topological polar surface area (TPSA) is 43.8 Å². The van der Waals surface area contributed by atoms with E-state index in [4.69, 9.17) is 5.73 Å². The van der Waals surface area contributed by atoms with Gasteiger partial charge in [-0.1, -0.05) is 28.1 Å². The smallest absolute Gasteiger partial charge is 0.135 e. The van der Waals surface area contributed by atoms with Gasteiger partial charge in [0.05, 0.1) is 15.8 Å². The molecular weight excluding hydrogens is 393 g/mol. The minimum atomic E-state index is 0.712. The molecule has 0 aliphatic rings. The van der Waals surface area contributed by atoms with Crippen molar-refractivity contribution in [2.24, 2.45) is 0 Å². The van der Waals surface area contributed by atoms with Gasteiger partial charge in [0.1, 0.15) is 5.82 Å². The molecule has 1 aromatic carbocycles. The predicted octanol–water partition coefficient (Wildman–Crippen LogP) is 3.50. The molecule has 5 heteroatoms. The van der Waals surface area contributed by atoms with Gasteiger partial charge in [-0.2, -0.15) is 5.10 Å². The van der Waals surface area contributed by atoms with Crippen LogP contribution in [-0.4, -0.2) is 9.78 Å². The molecule has 1 heterocycles. The average Bonchev–Trinajstić information content (AvgIpc) is 2.52. The molecule has 3 nitrogen and oxygen atoms in total. The Hall–Kier alpha value is -0.560. The van der Waals surface area contributed by atoms with Gasteiger partial charge in [0, 0.05) is 4.47 Å². The first-order valence-corrected chi connectivity index (χ1v) is 7.09. The minimum Gasteiger partial charge on any atom is -0.383 e. The first-order chi connectivity index (χ1) is 7.99. The number of hydrogen-bond acceptors (Lipinski definition) is 2. The molecule has 0 saturated carbocycles. The number of nitrogens with zero attached hydrogens (tertiary/aromatic N) is 2. The van der Waals surface area contributed by atoms with Crippen molar-refractivity contribution in [3.05, 3.63) is 43.1 Å². The molecule has 17 heavy (non-hydrogen) atoms. The molecule has 0 fully saturated rings. The first kappa shape index (κ1) is 12.9. The summed E-state index contributed by atoms with van der Waals surface area (Å²) in [7, 11) is 0. The van der Waals surface area contributed by atoms with Crippen LogP contribution in [0, 0.1) is 17.4 Å². The van der Waals surface area contributed by atoms with Crippen LogP contribution < -0.4 is 5.73 Å². The summed E-state index contributed by atoms with van der Waals surface area (Å²) in [5, 5.41) is 4.43. The van der Waals surface area contributed by atoms with Crippen LogP contribution in [0.3, 0.4) is 0 Å². The van der Waals surface area contributed by atoms with Gasteiger partial charge in [-0.15, -0.1) is 0 Å². The summed E-state index contributed by atoms with van der Waals surface area (Å²) in [6.45, 7) is 4.76. The van der Waals surface area contributed by atoms with E-state index in [1.165, 1.54) is 11.1 Å². The Morgan fingerprint density at radius 1 is 1.41 bits per heavy atom. The molecule has 0 atom stereocenters. The van der Waals surface area contributed by atoms with Crippen molar-refractivity contribution in [1.82, 2.24) is 9.78 Å². The second kappa shape index (κ2) is 4.97. The van der Waals surface area contributed by atoms with E-state index in [1.807, 2.05) is 11.6 Å². The Bertz CT molecular complexity index is 563. The molecule has 90 valence electrons. The van der Waals surface area contributed by atoms with Crippen molar-refractivity contribution in [3.63, 3.8) is 0 Å². The quantitative estimate of drug-likeness (QED) is 0.777. The molecule has 0 aliphatic heterocycles. The lowest BCUT2D eigenvalue weighted by atomic mass is 10.1. The Labute approximate surface area is 123 Å². The van der Waals surface area contributed by atoms with Gasteiger partial charge in [0.2, 0.25) is 0 Å². The fourth-order valence-electron chi connectivity index (χ4n) is 1.68. The van der Waals surface area contributed by atoms with E-state index in [0.29, 0.717) is 6.54 Å². The maximum absolute atomic E-state index is 6.00. The molecule has 0 spiro atoms. The SMILES string of the molecule is Cc1cc(Cn2nc(C)c(I)c2N)ccc1Br. The van der Waals surface area contributed by atoms with Crippen LogP contribution in [0.5, 0.6) is 0 Å². The Balaban J connectivity index is 2.31. The van der Waals surface area contributed by atoms with Gasteiger partial charge >= 0.3 is 0 Å². The van der Waals surface area contributed by atoms with Gasteiger partial charge in [-0.05, 0) is 53.6 Å². The highest BCUT2D eigenvalue weighted by atomic mass is 127. The van der Waals surface area contributed by atoms with Gasteiger partial charge in [0.25, 0.3) is 0 Å². The number of anilines is 1. The summed E-state index contributed by atoms with van der Waals surface area (Å²) in [4.78, 5) is 0. The lowest BCUT2D eigenvalue weighted by Crippen LogP contribution is -2.06. The van der Waals surface area contributed by atoms with Gasteiger partial charge in [-0.3, -0.25) is 0 Å². The number of halogens is 2. The monoisotopic (exact) mass is 405 g/mol. The molecule has 0 bridgehead atoms. The second-order valence-corrected chi connectivity index (χ2v) is 5.96. The zero-order valence-electron chi connectivity index (χ0n) is 9.67. The first-order valence-electron chi connectivity index (χ1n) is 5.22. The molecule has 1 aromatic heterocycles. The van der Waals surface area contributed by atoms with Crippen LogP contribution in [0.1, 0.15) is 16.8 Å². The number of hydrogen-bond donors (Lipinski definition) is 1. The van der Waals surface area contributed by atoms with Crippen LogP contribution in [0.2, 0.25) is 0 Å². The van der Waals surface area contributed by atoms with E-state index >= 15 is 0 Å². The Morgan fingerprint density at radius 3 is 2.65 bits per heavy atom. The highest BCUT2D eigenvalue weighted by molar-refractivity contribution is 14.1. The zero-order chi connectivity index (χ0) is 12.6. The predicted molar refractivity (Wildman–Crippen MR) is 82.1 cm³/mol. The maximum atomic E-state index is 6.00.